The van der Waals surface area contributed by atoms with E-state index >= 15 is 0 Å². The van der Waals surface area contributed by atoms with Gasteiger partial charge in [0, 0.05) is 6.54 Å². The zero-order chi connectivity index (χ0) is 14.6. The van der Waals surface area contributed by atoms with Gasteiger partial charge in [0.15, 0.2) is 0 Å². The average Bonchev–Trinajstić information content (AvgIpc) is 2.41. The maximum Gasteiger partial charge on any atom is 0.142 e. The summed E-state index contributed by atoms with van der Waals surface area (Å²) in [6.45, 7) is 5.78. The first kappa shape index (κ1) is 15.9. The molecule has 6 heteroatoms. The van der Waals surface area contributed by atoms with Gasteiger partial charge in [0.1, 0.15) is 11.4 Å². The molecule has 0 atom stereocenters. The quantitative estimate of drug-likeness (QED) is 0.605. The molecule has 0 fully saturated rings. The molecular weight excluding hydrogens is 313 g/mol. The lowest BCUT2D eigenvalue weighted by Gasteiger charge is -2.25. The molecular formula is C13H19BrFN3O. The van der Waals surface area contributed by atoms with Crippen LogP contribution in [0.25, 0.3) is 0 Å². The number of aryl methyl sites for hydroxylation is 1. The molecule has 0 saturated carbocycles. The second kappa shape index (κ2) is 6.32. The average molecular weight is 332 g/mol. The minimum atomic E-state index is -0.687. The molecule has 106 valence electrons. The van der Waals surface area contributed by atoms with Crippen molar-refractivity contribution >= 4 is 27.3 Å². The van der Waals surface area contributed by atoms with Gasteiger partial charge in [-0.25, -0.2) is 4.39 Å². The van der Waals surface area contributed by atoms with E-state index in [1.807, 2.05) is 13.8 Å². The fraction of sp³-hybridized carbons (Fsp3) is 0.538. The van der Waals surface area contributed by atoms with Crippen molar-refractivity contribution in [3.63, 3.8) is 0 Å². The van der Waals surface area contributed by atoms with Crippen LogP contribution in [0.5, 0.6) is 0 Å². The highest BCUT2D eigenvalue weighted by Gasteiger charge is 2.28. The SMILES string of the molecule is CCC(CC)(CNc1c(N)cc(C)c(F)c1Br)N=O. The smallest absolute Gasteiger partial charge is 0.142 e. The van der Waals surface area contributed by atoms with Gasteiger partial charge in [0.2, 0.25) is 0 Å². The molecule has 0 saturated heterocycles. The number of nitrogens with two attached hydrogens (primary N) is 1. The molecule has 1 rings (SSSR count). The highest BCUT2D eigenvalue weighted by molar-refractivity contribution is 9.10. The third kappa shape index (κ3) is 3.23. The largest absolute Gasteiger partial charge is 0.397 e. The number of anilines is 2. The number of halogens is 2. The van der Waals surface area contributed by atoms with Crippen LogP contribution in [0.15, 0.2) is 15.7 Å². The first-order valence-corrected chi connectivity index (χ1v) is 7.02. The molecule has 0 spiro atoms. The predicted octanol–water partition coefficient (Wildman–Crippen LogP) is 4.22. The van der Waals surface area contributed by atoms with E-state index in [-0.39, 0.29) is 10.3 Å². The summed E-state index contributed by atoms with van der Waals surface area (Å²) in [6, 6.07) is 1.57. The van der Waals surface area contributed by atoms with Gasteiger partial charge in [0.25, 0.3) is 0 Å². The van der Waals surface area contributed by atoms with Crippen molar-refractivity contribution in [1.82, 2.24) is 0 Å². The number of hydrogen-bond donors (Lipinski definition) is 2. The van der Waals surface area contributed by atoms with Gasteiger partial charge < -0.3 is 11.1 Å². The van der Waals surface area contributed by atoms with Crippen LogP contribution in [0.4, 0.5) is 15.8 Å². The number of benzene rings is 1. The maximum absolute atomic E-state index is 13.8. The number of nitrogens with one attached hydrogen (secondary N) is 1. The van der Waals surface area contributed by atoms with Crippen molar-refractivity contribution in [2.45, 2.75) is 39.2 Å². The number of hydrogen-bond acceptors (Lipinski definition) is 4. The van der Waals surface area contributed by atoms with E-state index in [4.69, 9.17) is 5.73 Å². The van der Waals surface area contributed by atoms with E-state index in [9.17, 15) is 9.30 Å². The minimum Gasteiger partial charge on any atom is -0.397 e. The Bertz CT molecular complexity index is 475. The van der Waals surface area contributed by atoms with Gasteiger partial charge in [-0.1, -0.05) is 19.0 Å². The van der Waals surface area contributed by atoms with Crippen LogP contribution in [0, 0.1) is 17.6 Å². The molecule has 0 aliphatic heterocycles. The van der Waals surface area contributed by atoms with E-state index < -0.39 is 5.54 Å². The Labute approximate surface area is 121 Å². The van der Waals surface area contributed by atoms with Gasteiger partial charge in [0.05, 0.1) is 15.8 Å². The van der Waals surface area contributed by atoms with Crippen LogP contribution in [-0.2, 0) is 0 Å². The molecule has 0 aliphatic rings. The molecule has 1 aromatic rings. The lowest BCUT2D eigenvalue weighted by molar-refractivity contribution is 0.417. The predicted molar refractivity (Wildman–Crippen MR) is 80.8 cm³/mol. The second-order valence-electron chi connectivity index (χ2n) is 4.66. The number of nitrogen functional groups attached to an aromatic ring is 1. The first-order chi connectivity index (χ1) is 8.90. The summed E-state index contributed by atoms with van der Waals surface area (Å²) in [4.78, 5) is 11.0. The van der Waals surface area contributed by atoms with Gasteiger partial charge in [-0.2, -0.15) is 4.91 Å². The third-order valence-electron chi connectivity index (χ3n) is 3.52. The van der Waals surface area contributed by atoms with Crippen molar-refractivity contribution < 1.29 is 4.39 Å². The van der Waals surface area contributed by atoms with Crippen LogP contribution in [-0.4, -0.2) is 12.1 Å². The highest BCUT2D eigenvalue weighted by Crippen LogP contribution is 2.34. The van der Waals surface area contributed by atoms with Gasteiger partial charge in [-0.15, -0.1) is 0 Å². The molecule has 0 aliphatic carbocycles. The van der Waals surface area contributed by atoms with E-state index in [0.717, 1.165) is 0 Å². The fourth-order valence-corrected chi connectivity index (χ4v) is 2.55. The molecule has 0 amide bonds. The fourth-order valence-electron chi connectivity index (χ4n) is 1.87. The van der Waals surface area contributed by atoms with Crippen molar-refractivity contribution in [3.8, 4) is 0 Å². The van der Waals surface area contributed by atoms with E-state index in [1.165, 1.54) is 0 Å². The Morgan fingerprint density at radius 3 is 2.53 bits per heavy atom. The number of nitroso groups, excluding NO2 is 1. The molecule has 0 heterocycles. The molecule has 1 aromatic carbocycles. The van der Waals surface area contributed by atoms with Crippen LogP contribution in [0.3, 0.4) is 0 Å². The topological polar surface area (TPSA) is 67.5 Å². The summed E-state index contributed by atoms with van der Waals surface area (Å²) in [5.74, 6) is -0.352. The molecule has 3 N–H and O–H groups in total. The maximum atomic E-state index is 13.8. The van der Waals surface area contributed by atoms with Crippen LogP contribution < -0.4 is 11.1 Å². The zero-order valence-electron chi connectivity index (χ0n) is 11.4. The van der Waals surface area contributed by atoms with Gasteiger partial charge >= 0.3 is 0 Å². The summed E-state index contributed by atoms with van der Waals surface area (Å²) in [5, 5.41) is 6.25. The zero-order valence-corrected chi connectivity index (χ0v) is 13.0. The van der Waals surface area contributed by atoms with Crippen LogP contribution in [0.1, 0.15) is 32.3 Å². The molecule has 0 unspecified atom stereocenters. The summed E-state index contributed by atoms with van der Waals surface area (Å²) < 4.78 is 14.1. The van der Waals surface area contributed by atoms with Crippen LogP contribution >= 0.6 is 15.9 Å². The Morgan fingerprint density at radius 1 is 1.47 bits per heavy atom. The van der Waals surface area contributed by atoms with Crippen molar-refractivity contribution in [3.05, 3.63) is 26.8 Å². The Hall–Kier alpha value is -1.17. The summed E-state index contributed by atoms with van der Waals surface area (Å²) in [7, 11) is 0. The third-order valence-corrected chi connectivity index (χ3v) is 4.27. The van der Waals surface area contributed by atoms with E-state index in [0.29, 0.717) is 36.3 Å². The monoisotopic (exact) mass is 331 g/mol. The van der Waals surface area contributed by atoms with E-state index in [1.54, 1.807) is 13.0 Å². The summed E-state index contributed by atoms with van der Waals surface area (Å²) >= 11 is 3.19. The molecule has 0 radical (unpaired) electrons. The Kier molecular flexibility index (Phi) is 5.29. The minimum absolute atomic E-state index is 0.289. The Balaban J connectivity index is 3.01. The first-order valence-electron chi connectivity index (χ1n) is 6.23. The Morgan fingerprint density at radius 2 is 2.05 bits per heavy atom. The standard InChI is InChI=1S/C13H19BrFN3O/c1-4-13(5-2,18-19)7-17-12-9(16)6-8(3)11(15)10(12)14/h6,17H,4-5,7,16H2,1-3H3. The lowest BCUT2D eigenvalue weighted by atomic mass is 9.94. The lowest BCUT2D eigenvalue weighted by Crippen LogP contribution is -2.33. The van der Waals surface area contributed by atoms with Crippen molar-refractivity contribution in [2.24, 2.45) is 5.18 Å². The second-order valence-corrected chi connectivity index (χ2v) is 5.45. The molecule has 19 heavy (non-hydrogen) atoms. The number of nitrogens with zero attached hydrogens (tertiary/aromatic N) is 1. The van der Waals surface area contributed by atoms with Crippen molar-refractivity contribution in [1.29, 1.82) is 0 Å². The molecule has 0 bridgehead atoms. The van der Waals surface area contributed by atoms with Crippen molar-refractivity contribution in [2.75, 3.05) is 17.6 Å². The van der Waals surface area contributed by atoms with Crippen LogP contribution in [0.2, 0.25) is 0 Å². The van der Waals surface area contributed by atoms with Gasteiger partial charge in [-0.05, 0) is 47.3 Å². The highest BCUT2D eigenvalue weighted by atomic mass is 79.9. The van der Waals surface area contributed by atoms with E-state index in [2.05, 4.69) is 26.4 Å². The normalized spacial score (nSPS) is 11.4. The summed E-state index contributed by atoms with van der Waals surface area (Å²) in [6.07, 6.45) is 1.23. The molecule has 0 aromatic heterocycles. The number of rotatable bonds is 6. The van der Waals surface area contributed by atoms with Gasteiger partial charge in [-0.3, -0.25) is 0 Å². The summed E-state index contributed by atoms with van der Waals surface area (Å²) in [5.41, 5.74) is 6.58. The molecule has 4 nitrogen and oxygen atoms in total.